The maximum absolute atomic E-state index is 12.1. The first kappa shape index (κ1) is 18.4. The molecule has 1 aliphatic heterocycles. The Morgan fingerprint density at radius 2 is 1.89 bits per heavy atom. The lowest BCUT2D eigenvalue weighted by Crippen LogP contribution is -2.23. The van der Waals surface area contributed by atoms with Crippen LogP contribution in [0.2, 0.25) is 0 Å². The number of hydrogen-bond acceptors (Lipinski definition) is 3. The number of anilines is 2. The van der Waals surface area contributed by atoms with Gasteiger partial charge in [-0.15, -0.1) is 0 Å². The maximum Gasteiger partial charge on any atom is 0.251 e. The molecule has 3 amide bonds. The molecule has 1 heterocycles. The van der Waals surface area contributed by atoms with Crippen LogP contribution in [0.4, 0.5) is 11.4 Å². The molecule has 0 radical (unpaired) electrons. The molecule has 0 atom stereocenters. The Kier molecular flexibility index (Phi) is 5.66. The molecular weight excluding hydrogens is 342 g/mol. The molecule has 6 heteroatoms. The van der Waals surface area contributed by atoms with E-state index in [4.69, 9.17) is 0 Å². The highest BCUT2D eigenvalue weighted by molar-refractivity contribution is 6.03. The summed E-state index contributed by atoms with van der Waals surface area (Å²) in [7, 11) is 1.56. The Morgan fingerprint density at radius 1 is 1.11 bits per heavy atom. The standard InChI is InChI=1S/C21H21N3O3/c1-22-21(27)16-4-2-5-17(14-16)23-19(25)12-9-15-7-10-18(11-8-15)24-13-3-6-20(24)26/h2,4-5,7-12,14H,3,6,13H2,1H3,(H,22,27)(H,23,25). The second kappa shape index (κ2) is 8.31. The molecule has 138 valence electrons. The third-order valence-electron chi connectivity index (χ3n) is 4.32. The first-order chi connectivity index (χ1) is 13.1. The van der Waals surface area contributed by atoms with Crippen LogP contribution in [-0.2, 0) is 9.59 Å². The van der Waals surface area contributed by atoms with Gasteiger partial charge in [-0.25, -0.2) is 0 Å². The van der Waals surface area contributed by atoms with E-state index < -0.39 is 0 Å². The second-order valence-corrected chi connectivity index (χ2v) is 6.22. The first-order valence-electron chi connectivity index (χ1n) is 8.78. The van der Waals surface area contributed by atoms with Crippen molar-refractivity contribution in [2.75, 3.05) is 23.8 Å². The molecule has 27 heavy (non-hydrogen) atoms. The van der Waals surface area contributed by atoms with Crippen molar-refractivity contribution in [3.05, 3.63) is 65.7 Å². The molecule has 2 N–H and O–H groups in total. The molecule has 6 nitrogen and oxygen atoms in total. The number of carbonyl (C=O) groups excluding carboxylic acids is 3. The minimum absolute atomic E-state index is 0.150. The van der Waals surface area contributed by atoms with Gasteiger partial charge in [-0.3, -0.25) is 14.4 Å². The summed E-state index contributed by atoms with van der Waals surface area (Å²) in [5.74, 6) is -0.349. The monoisotopic (exact) mass is 363 g/mol. The normalized spacial score (nSPS) is 13.8. The van der Waals surface area contributed by atoms with Gasteiger partial charge in [0.2, 0.25) is 11.8 Å². The van der Waals surface area contributed by atoms with E-state index in [2.05, 4.69) is 10.6 Å². The fourth-order valence-electron chi connectivity index (χ4n) is 2.92. The summed E-state index contributed by atoms with van der Waals surface area (Å²) in [4.78, 5) is 37.3. The van der Waals surface area contributed by atoms with E-state index in [1.165, 1.54) is 6.08 Å². The topological polar surface area (TPSA) is 78.5 Å². The molecule has 0 bridgehead atoms. The van der Waals surface area contributed by atoms with Gasteiger partial charge in [0.1, 0.15) is 0 Å². The Labute approximate surface area is 157 Å². The highest BCUT2D eigenvalue weighted by atomic mass is 16.2. The van der Waals surface area contributed by atoms with Gasteiger partial charge in [-0.2, -0.15) is 0 Å². The van der Waals surface area contributed by atoms with E-state index >= 15 is 0 Å². The Balaban J connectivity index is 1.61. The largest absolute Gasteiger partial charge is 0.355 e. The van der Waals surface area contributed by atoms with Crippen LogP contribution in [0, 0.1) is 0 Å². The Morgan fingerprint density at radius 3 is 2.56 bits per heavy atom. The number of benzene rings is 2. The molecule has 0 unspecified atom stereocenters. The quantitative estimate of drug-likeness (QED) is 0.802. The molecule has 2 aromatic carbocycles. The molecule has 3 rings (SSSR count). The SMILES string of the molecule is CNC(=O)c1cccc(NC(=O)C=Cc2ccc(N3CCCC3=O)cc2)c1. The molecule has 0 aromatic heterocycles. The van der Waals surface area contributed by atoms with E-state index in [9.17, 15) is 14.4 Å². The fraction of sp³-hybridized carbons (Fsp3) is 0.190. The molecule has 1 fully saturated rings. The highest BCUT2D eigenvalue weighted by Crippen LogP contribution is 2.22. The minimum Gasteiger partial charge on any atom is -0.355 e. The van der Waals surface area contributed by atoms with Crippen molar-refractivity contribution >= 4 is 35.2 Å². The second-order valence-electron chi connectivity index (χ2n) is 6.22. The van der Waals surface area contributed by atoms with Gasteiger partial charge >= 0.3 is 0 Å². The lowest BCUT2D eigenvalue weighted by Gasteiger charge is -2.15. The third kappa shape index (κ3) is 4.61. The lowest BCUT2D eigenvalue weighted by molar-refractivity contribution is -0.117. The van der Waals surface area contributed by atoms with Gasteiger partial charge in [0.25, 0.3) is 5.91 Å². The van der Waals surface area contributed by atoms with Crippen molar-refractivity contribution in [3.8, 4) is 0 Å². The third-order valence-corrected chi connectivity index (χ3v) is 4.32. The van der Waals surface area contributed by atoms with Gasteiger partial charge in [0, 0.05) is 43.0 Å². The van der Waals surface area contributed by atoms with Gasteiger partial charge < -0.3 is 15.5 Å². The van der Waals surface area contributed by atoms with E-state index in [0.717, 1.165) is 24.2 Å². The van der Waals surface area contributed by atoms with Gasteiger partial charge in [0.15, 0.2) is 0 Å². The highest BCUT2D eigenvalue weighted by Gasteiger charge is 2.21. The molecule has 0 aliphatic carbocycles. The van der Waals surface area contributed by atoms with Crippen LogP contribution >= 0.6 is 0 Å². The van der Waals surface area contributed by atoms with Crippen molar-refractivity contribution < 1.29 is 14.4 Å². The number of rotatable bonds is 5. The summed E-state index contributed by atoms with van der Waals surface area (Å²) < 4.78 is 0. The van der Waals surface area contributed by atoms with Crippen molar-refractivity contribution in [2.24, 2.45) is 0 Å². The molecule has 0 spiro atoms. The van der Waals surface area contributed by atoms with E-state index in [0.29, 0.717) is 17.7 Å². The summed E-state index contributed by atoms with van der Waals surface area (Å²) in [6.45, 7) is 0.755. The number of nitrogens with zero attached hydrogens (tertiary/aromatic N) is 1. The molecular formula is C21H21N3O3. The number of amides is 3. The zero-order valence-corrected chi connectivity index (χ0v) is 15.1. The van der Waals surface area contributed by atoms with Crippen LogP contribution in [0.5, 0.6) is 0 Å². The van der Waals surface area contributed by atoms with Crippen molar-refractivity contribution in [3.63, 3.8) is 0 Å². The lowest BCUT2D eigenvalue weighted by atomic mass is 10.1. The van der Waals surface area contributed by atoms with Crippen LogP contribution in [0.1, 0.15) is 28.8 Å². The zero-order valence-electron chi connectivity index (χ0n) is 15.1. The predicted octanol–water partition coefficient (Wildman–Crippen LogP) is 2.82. The average Bonchev–Trinajstić information content (AvgIpc) is 3.12. The number of nitrogens with one attached hydrogen (secondary N) is 2. The van der Waals surface area contributed by atoms with Crippen LogP contribution < -0.4 is 15.5 Å². The van der Waals surface area contributed by atoms with E-state index in [-0.39, 0.29) is 17.7 Å². The van der Waals surface area contributed by atoms with Crippen LogP contribution in [0.3, 0.4) is 0 Å². The van der Waals surface area contributed by atoms with Crippen LogP contribution in [-0.4, -0.2) is 31.3 Å². The van der Waals surface area contributed by atoms with Crippen molar-refractivity contribution in [1.29, 1.82) is 0 Å². The van der Waals surface area contributed by atoms with Gasteiger partial charge in [0.05, 0.1) is 0 Å². The fourth-order valence-corrected chi connectivity index (χ4v) is 2.92. The van der Waals surface area contributed by atoms with Gasteiger partial charge in [-0.05, 0) is 48.4 Å². The summed E-state index contributed by atoms with van der Waals surface area (Å²) in [5, 5.41) is 5.28. The zero-order chi connectivity index (χ0) is 19.2. The first-order valence-corrected chi connectivity index (χ1v) is 8.78. The Bertz CT molecular complexity index is 888. The van der Waals surface area contributed by atoms with Crippen molar-refractivity contribution in [1.82, 2.24) is 5.32 Å². The molecule has 0 saturated carbocycles. The summed E-state index contributed by atoms with van der Waals surface area (Å²) >= 11 is 0. The number of hydrogen-bond donors (Lipinski definition) is 2. The van der Waals surface area contributed by atoms with Crippen molar-refractivity contribution in [2.45, 2.75) is 12.8 Å². The van der Waals surface area contributed by atoms with Crippen LogP contribution in [0.15, 0.2) is 54.6 Å². The van der Waals surface area contributed by atoms with Crippen LogP contribution in [0.25, 0.3) is 6.08 Å². The van der Waals surface area contributed by atoms with Gasteiger partial charge in [-0.1, -0.05) is 18.2 Å². The molecule has 2 aromatic rings. The number of carbonyl (C=O) groups is 3. The van der Waals surface area contributed by atoms with E-state index in [1.54, 1.807) is 42.3 Å². The summed E-state index contributed by atoms with van der Waals surface area (Å²) in [6.07, 6.45) is 4.63. The van der Waals surface area contributed by atoms with E-state index in [1.807, 2.05) is 24.3 Å². The minimum atomic E-state index is -0.289. The molecule has 1 saturated heterocycles. The maximum atomic E-state index is 12.1. The summed E-state index contributed by atoms with van der Waals surface area (Å²) in [5.41, 5.74) is 2.77. The average molecular weight is 363 g/mol. The predicted molar refractivity (Wildman–Crippen MR) is 106 cm³/mol. The molecule has 1 aliphatic rings. The smallest absolute Gasteiger partial charge is 0.251 e. The summed E-state index contributed by atoms with van der Waals surface area (Å²) in [6, 6.07) is 14.2. The Hall–Kier alpha value is -3.41.